The third kappa shape index (κ3) is 2.67. The van der Waals surface area contributed by atoms with Crippen LogP contribution in [0.1, 0.15) is 21.5 Å². The molecule has 1 amide bonds. The van der Waals surface area contributed by atoms with Crippen LogP contribution in [0.2, 0.25) is 0 Å². The number of benzene rings is 2. The molecule has 0 spiro atoms. The van der Waals surface area contributed by atoms with Crippen LogP contribution in [-0.2, 0) is 0 Å². The van der Waals surface area contributed by atoms with Gasteiger partial charge < -0.3 is 4.74 Å². The minimum absolute atomic E-state index is 0.217. The van der Waals surface area contributed by atoms with Gasteiger partial charge in [0.2, 0.25) is 0 Å². The molecular weight excluding hydrogens is 296 g/mol. The molecule has 0 saturated carbocycles. The molecule has 1 heterocycles. The molecule has 1 N–H and O–H groups in total. The largest absolute Gasteiger partial charge is 0.496 e. The Labute approximate surface area is 132 Å². The number of aryl methyl sites for hydroxylation is 2. The predicted octanol–water partition coefficient (Wildman–Crippen LogP) is 4.17. The third-order valence-corrected chi connectivity index (χ3v) is 4.32. The van der Waals surface area contributed by atoms with Crippen molar-refractivity contribution in [1.82, 2.24) is 4.98 Å². The van der Waals surface area contributed by atoms with Crippen LogP contribution in [0.25, 0.3) is 10.2 Å². The summed E-state index contributed by atoms with van der Waals surface area (Å²) >= 11 is 1.48. The lowest BCUT2D eigenvalue weighted by Crippen LogP contribution is -2.12. The lowest BCUT2D eigenvalue weighted by molar-refractivity contribution is 0.102. The number of methoxy groups -OCH3 is 1. The first kappa shape index (κ1) is 14.5. The van der Waals surface area contributed by atoms with Crippen molar-refractivity contribution < 1.29 is 9.53 Å². The molecule has 22 heavy (non-hydrogen) atoms. The van der Waals surface area contributed by atoms with Crippen molar-refractivity contribution in [3.8, 4) is 5.75 Å². The Morgan fingerprint density at radius 1 is 1.23 bits per heavy atom. The fourth-order valence-electron chi connectivity index (χ4n) is 2.42. The van der Waals surface area contributed by atoms with E-state index in [1.165, 1.54) is 16.9 Å². The summed E-state index contributed by atoms with van der Waals surface area (Å²) < 4.78 is 6.30. The van der Waals surface area contributed by atoms with Gasteiger partial charge in [0.25, 0.3) is 5.91 Å². The van der Waals surface area contributed by atoms with Gasteiger partial charge in [-0.25, -0.2) is 4.98 Å². The van der Waals surface area contributed by atoms with E-state index in [0.29, 0.717) is 16.4 Å². The number of amides is 1. The number of fused-ring (bicyclic) bond motifs is 1. The standard InChI is InChI=1S/C17H16N2O2S/c1-10-8-11(2)15-14(9-10)22-17(18-15)19-16(20)12-6-4-5-7-13(12)21-3/h4-9H,1-3H3,(H,18,19,20). The van der Waals surface area contributed by atoms with Crippen LogP contribution >= 0.6 is 11.3 Å². The second-order valence-electron chi connectivity index (χ2n) is 5.10. The highest BCUT2D eigenvalue weighted by atomic mass is 32.1. The Morgan fingerprint density at radius 2 is 2.00 bits per heavy atom. The lowest BCUT2D eigenvalue weighted by Gasteiger charge is -2.06. The molecule has 3 rings (SSSR count). The molecule has 2 aromatic carbocycles. The zero-order valence-corrected chi connectivity index (χ0v) is 13.5. The van der Waals surface area contributed by atoms with Crippen molar-refractivity contribution in [3.05, 3.63) is 53.1 Å². The second kappa shape index (κ2) is 5.77. The van der Waals surface area contributed by atoms with E-state index in [9.17, 15) is 4.79 Å². The smallest absolute Gasteiger partial charge is 0.261 e. The number of hydrogen-bond donors (Lipinski definition) is 1. The van der Waals surface area contributed by atoms with Crippen molar-refractivity contribution in [2.24, 2.45) is 0 Å². The van der Waals surface area contributed by atoms with Crippen LogP contribution in [0.15, 0.2) is 36.4 Å². The highest BCUT2D eigenvalue weighted by molar-refractivity contribution is 7.22. The number of hydrogen-bond acceptors (Lipinski definition) is 4. The van der Waals surface area contributed by atoms with Gasteiger partial charge in [0.1, 0.15) is 5.75 Å². The van der Waals surface area contributed by atoms with Gasteiger partial charge in [0, 0.05) is 0 Å². The molecular formula is C17H16N2O2S. The summed E-state index contributed by atoms with van der Waals surface area (Å²) in [6.07, 6.45) is 0. The fourth-order valence-corrected chi connectivity index (χ4v) is 3.46. The van der Waals surface area contributed by atoms with E-state index < -0.39 is 0 Å². The van der Waals surface area contributed by atoms with Crippen LogP contribution in [0, 0.1) is 13.8 Å². The van der Waals surface area contributed by atoms with Crippen molar-refractivity contribution in [2.45, 2.75) is 13.8 Å². The van der Waals surface area contributed by atoms with Gasteiger partial charge in [-0.1, -0.05) is 29.5 Å². The number of para-hydroxylation sites is 1. The average molecular weight is 312 g/mol. The maximum Gasteiger partial charge on any atom is 0.261 e. The number of carbonyl (C=O) groups excluding carboxylic acids is 1. The normalized spacial score (nSPS) is 10.7. The summed E-state index contributed by atoms with van der Waals surface area (Å²) in [5.41, 5.74) is 3.74. The predicted molar refractivity (Wildman–Crippen MR) is 90.0 cm³/mol. The number of nitrogens with zero attached hydrogens (tertiary/aromatic N) is 1. The highest BCUT2D eigenvalue weighted by Crippen LogP contribution is 2.30. The molecule has 0 saturated heterocycles. The first-order valence-electron chi connectivity index (χ1n) is 6.90. The monoisotopic (exact) mass is 312 g/mol. The molecule has 0 atom stereocenters. The summed E-state index contributed by atoms with van der Waals surface area (Å²) in [7, 11) is 1.55. The van der Waals surface area contributed by atoms with Crippen LogP contribution in [0.5, 0.6) is 5.75 Å². The van der Waals surface area contributed by atoms with E-state index in [1.54, 1.807) is 19.2 Å². The first-order chi connectivity index (χ1) is 10.6. The van der Waals surface area contributed by atoms with E-state index in [2.05, 4.69) is 29.4 Å². The molecule has 0 radical (unpaired) electrons. The van der Waals surface area contributed by atoms with Crippen molar-refractivity contribution >= 4 is 32.6 Å². The first-order valence-corrected chi connectivity index (χ1v) is 7.72. The number of ether oxygens (including phenoxy) is 1. The third-order valence-electron chi connectivity index (χ3n) is 3.40. The van der Waals surface area contributed by atoms with Crippen LogP contribution < -0.4 is 10.1 Å². The summed E-state index contributed by atoms with van der Waals surface area (Å²) in [6.45, 7) is 4.08. The van der Waals surface area contributed by atoms with Gasteiger partial charge in [0.15, 0.2) is 5.13 Å². The SMILES string of the molecule is COc1ccccc1C(=O)Nc1nc2c(C)cc(C)cc2s1. The van der Waals surface area contributed by atoms with E-state index in [0.717, 1.165) is 15.8 Å². The van der Waals surface area contributed by atoms with Gasteiger partial charge in [0.05, 0.1) is 22.9 Å². The van der Waals surface area contributed by atoms with Crippen LogP contribution in [0.3, 0.4) is 0 Å². The zero-order valence-electron chi connectivity index (χ0n) is 12.6. The lowest BCUT2D eigenvalue weighted by atomic mass is 10.1. The number of thiazole rings is 1. The molecule has 0 fully saturated rings. The number of carbonyl (C=O) groups is 1. The molecule has 5 heteroatoms. The summed E-state index contributed by atoms with van der Waals surface area (Å²) in [5, 5.41) is 3.45. The molecule has 4 nitrogen and oxygen atoms in total. The van der Waals surface area contributed by atoms with E-state index in [-0.39, 0.29) is 5.91 Å². The van der Waals surface area contributed by atoms with Gasteiger partial charge in [-0.15, -0.1) is 0 Å². The number of aromatic nitrogens is 1. The van der Waals surface area contributed by atoms with Crippen molar-refractivity contribution in [3.63, 3.8) is 0 Å². The fraction of sp³-hybridized carbons (Fsp3) is 0.176. The van der Waals surface area contributed by atoms with Gasteiger partial charge in [-0.2, -0.15) is 0 Å². The highest BCUT2D eigenvalue weighted by Gasteiger charge is 2.14. The summed E-state index contributed by atoms with van der Waals surface area (Å²) in [4.78, 5) is 16.9. The second-order valence-corrected chi connectivity index (χ2v) is 6.13. The van der Waals surface area contributed by atoms with Gasteiger partial charge >= 0.3 is 0 Å². The number of nitrogens with one attached hydrogen (secondary N) is 1. The maximum atomic E-state index is 12.4. The molecule has 3 aromatic rings. The van der Waals surface area contributed by atoms with E-state index in [4.69, 9.17) is 4.74 Å². The maximum absolute atomic E-state index is 12.4. The Morgan fingerprint density at radius 3 is 2.77 bits per heavy atom. The quantitative estimate of drug-likeness (QED) is 0.789. The van der Waals surface area contributed by atoms with E-state index >= 15 is 0 Å². The Bertz CT molecular complexity index is 855. The van der Waals surface area contributed by atoms with Gasteiger partial charge in [-0.3, -0.25) is 10.1 Å². The minimum atomic E-state index is -0.217. The Kier molecular flexibility index (Phi) is 3.81. The van der Waals surface area contributed by atoms with Gasteiger partial charge in [-0.05, 0) is 43.2 Å². The van der Waals surface area contributed by atoms with Crippen LogP contribution in [-0.4, -0.2) is 18.0 Å². The summed E-state index contributed by atoms with van der Waals surface area (Å²) in [6, 6.07) is 11.3. The molecule has 0 aliphatic rings. The average Bonchev–Trinajstić information content (AvgIpc) is 2.89. The molecule has 1 aromatic heterocycles. The molecule has 0 aliphatic carbocycles. The molecule has 0 bridgehead atoms. The zero-order chi connectivity index (χ0) is 15.7. The minimum Gasteiger partial charge on any atom is -0.496 e. The Hall–Kier alpha value is -2.40. The number of rotatable bonds is 3. The van der Waals surface area contributed by atoms with E-state index in [1.807, 2.05) is 19.1 Å². The summed E-state index contributed by atoms with van der Waals surface area (Å²) in [5.74, 6) is 0.332. The molecule has 0 unspecified atom stereocenters. The topological polar surface area (TPSA) is 51.2 Å². The van der Waals surface area contributed by atoms with Crippen molar-refractivity contribution in [2.75, 3.05) is 12.4 Å². The number of anilines is 1. The van der Waals surface area contributed by atoms with Crippen LogP contribution in [0.4, 0.5) is 5.13 Å². The molecule has 112 valence electrons. The van der Waals surface area contributed by atoms with Crippen molar-refractivity contribution in [1.29, 1.82) is 0 Å². The Balaban J connectivity index is 1.93. The molecule has 0 aliphatic heterocycles.